The average molecular weight is 271 g/mol. The second kappa shape index (κ2) is 6.02. The van der Waals surface area contributed by atoms with E-state index in [1.807, 2.05) is 0 Å². The molecule has 1 aromatic carbocycles. The van der Waals surface area contributed by atoms with Crippen molar-refractivity contribution in [1.29, 1.82) is 0 Å². The SMILES string of the molecule is NNC(=NC1CCCC1)Nc1ccc(F)cc1Cl. The molecule has 1 fully saturated rings. The van der Waals surface area contributed by atoms with Crippen LogP contribution in [0.4, 0.5) is 10.1 Å². The zero-order chi connectivity index (χ0) is 13.0. The zero-order valence-corrected chi connectivity index (χ0v) is 10.7. The molecule has 0 bridgehead atoms. The molecule has 4 nitrogen and oxygen atoms in total. The summed E-state index contributed by atoms with van der Waals surface area (Å²) in [6.45, 7) is 0. The Hall–Kier alpha value is -1.33. The van der Waals surface area contributed by atoms with Crippen molar-refractivity contribution < 1.29 is 4.39 Å². The first-order valence-electron chi connectivity index (χ1n) is 5.95. The Bertz CT molecular complexity index is 444. The summed E-state index contributed by atoms with van der Waals surface area (Å²) < 4.78 is 12.9. The van der Waals surface area contributed by atoms with Crippen LogP contribution in [0.15, 0.2) is 23.2 Å². The number of hydrogen-bond donors (Lipinski definition) is 3. The Morgan fingerprint density at radius 1 is 1.39 bits per heavy atom. The van der Waals surface area contributed by atoms with Gasteiger partial charge in [0, 0.05) is 0 Å². The second-order valence-corrected chi connectivity index (χ2v) is 4.72. The molecule has 1 saturated carbocycles. The first kappa shape index (κ1) is 13.1. The Kier molecular flexibility index (Phi) is 4.38. The number of guanidine groups is 1. The van der Waals surface area contributed by atoms with Crippen molar-refractivity contribution in [3.63, 3.8) is 0 Å². The number of hydrazine groups is 1. The predicted molar refractivity (Wildman–Crippen MR) is 72.0 cm³/mol. The quantitative estimate of drug-likeness (QED) is 0.335. The predicted octanol–water partition coefficient (Wildman–Crippen LogP) is 2.65. The van der Waals surface area contributed by atoms with Gasteiger partial charge in [0.25, 0.3) is 0 Å². The number of aliphatic imine (C=N–C) groups is 1. The number of rotatable bonds is 2. The highest BCUT2D eigenvalue weighted by atomic mass is 35.5. The van der Waals surface area contributed by atoms with E-state index >= 15 is 0 Å². The third-order valence-corrected chi connectivity index (χ3v) is 3.27. The lowest BCUT2D eigenvalue weighted by Crippen LogP contribution is -2.37. The number of nitrogens with one attached hydrogen (secondary N) is 2. The number of hydrogen-bond acceptors (Lipinski definition) is 2. The minimum Gasteiger partial charge on any atom is -0.324 e. The molecule has 2 rings (SSSR count). The van der Waals surface area contributed by atoms with Crippen molar-refractivity contribution in [2.45, 2.75) is 31.7 Å². The molecule has 0 aromatic heterocycles. The lowest BCUT2D eigenvalue weighted by Gasteiger charge is -2.12. The van der Waals surface area contributed by atoms with E-state index in [2.05, 4.69) is 15.7 Å². The molecule has 0 spiro atoms. The van der Waals surface area contributed by atoms with Gasteiger partial charge in [0.1, 0.15) is 5.82 Å². The molecule has 0 radical (unpaired) electrons. The molecular formula is C12H16ClFN4. The van der Waals surface area contributed by atoms with E-state index in [1.54, 1.807) is 6.07 Å². The van der Waals surface area contributed by atoms with Crippen molar-refractivity contribution in [1.82, 2.24) is 5.43 Å². The zero-order valence-electron chi connectivity index (χ0n) is 9.92. The van der Waals surface area contributed by atoms with E-state index in [0.29, 0.717) is 22.7 Å². The first-order valence-corrected chi connectivity index (χ1v) is 6.33. The normalized spacial score (nSPS) is 16.9. The molecule has 98 valence electrons. The number of anilines is 1. The summed E-state index contributed by atoms with van der Waals surface area (Å²) in [4.78, 5) is 4.47. The number of halogens is 2. The maximum absolute atomic E-state index is 12.9. The van der Waals surface area contributed by atoms with Crippen molar-refractivity contribution in [3.05, 3.63) is 29.0 Å². The van der Waals surface area contributed by atoms with Crippen LogP contribution in [0, 0.1) is 5.82 Å². The average Bonchev–Trinajstić information content (AvgIpc) is 2.84. The summed E-state index contributed by atoms with van der Waals surface area (Å²) in [6.07, 6.45) is 4.54. The van der Waals surface area contributed by atoms with Crippen LogP contribution in [-0.4, -0.2) is 12.0 Å². The highest BCUT2D eigenvalue weighted by Gasteiger charge is 2.15. The summed E-state index contributed by atoms with van der Waals surface area (Å²) in [5.41, 5.74) is 3.08. The molecule has 1 aliphatic rings. The largest absolute Gasteiger partial charge is 0.324 e. The fourth-order valence-corrected chi connectivity index (χ4v) is 2.25. The molecule has 0 aliphatic heterocycles. The highest BCUT2D eigenvalue weighted by molar-refractivity contribution is 6.33. The van der Waals surface area contributed by atoms with E-state index in [0.717, 1.165) is 12.8 Å². The standard InChI is InChI=1S/C12H16ClFN4/c13-10-7-8(14)5-6-11(10)17-12(18-15)16-9-3-1-2-4-9/h5-7,9H,1-4,15H2,(H2,16,17,18). The van der Waals surface area contributed by atoms with Gasteiger partial charge in [-0.1, -0.05) is 24.4 Å². The third kappa shape index (κ3) is 3.34. The van der Waals surface area contributed by atoms with Crippen molar-refractivity contribution in [3.8, 4) is 0 Å². The van der Waals surface area contributed by atoms with Gasteiger partial charge >= 0.3 is 0 Å². The topological polar surface area (TPSA) is 62.4 Å². The first-order chi connectivity index (χ1) is 8.69. The Labute approximate surface area is 110 Å². The maximum Gasteiger partial charge on any atom is 0.210 e. The molecule has 18 heavy (non-hydrogen) atoms. The molecule has 6 heteroatoms. The van der Waals surface area contributed by atoms with E-state index in [-0.39, 0.29) is 5.82 Å². The van der Waals surface area contributed by atoms with Crippen molar-refractivity contribution in [2.24, 2.45) is 10.8 Å². The Morgan fingerprint density at radius 2 is 2.11 bits per heavy atom. The van der Waals surface area contributed by atoms with Gasteiger partial charge in [-0.15, -0.1) is 0 Å². The fourth-order valence-electron chi connectivity index (χ4n) is 2.04. The molecule has 0 unspecified atom stereocenters. The van der Waals surface area contributed by atoms with Gasteiger partial charge in [-0.2, -0.15) is 0 Å². The van der Waals surface area contributed by atoms with Gasteiger partial charge in [0.2, 0.25) is 5.96 Å². The second-order valence-electron chi connectivity index (χ2n) is 4.31. The summed E-state index contributed by atoms with van der Waals surface area (Å²) in [7, 11) is 0. The summed E-state index contributed by atoms with van der Waals surface area (Å²) >= 11 is 5.92. The minimum absolute atomic E-state index is 0.294. The van der Waals surface area contributed by atoms with Crippen LogP contribution >= 0.6 is 11.6 Å². The van der Waals surface area contributed by atoms with Gasteiger partial charge in [-0.3, -0.25) is 5.43 Å². The van der Waals surface area contributed by atoms with Gasteiger partial charge in [-0.05, 0) is 31.0 Å². The van der Waals surface area contributed by atoms with Crippen molar-refractivity contribution >= 4 is 23.2 Å². The Balaban J connectivity index is 2.09. The van der Waals surface area contributed by atoms with Crippen LogP contribution in [0.3, 0.4) is 0 Å². The summed E-state index contributed by atoms with van der Waals surface area (Å²) in [5.74, 6) is 5.50. The summed E-state index contributed by atoms with van der Waals surface area (Å²) in [5, 5.41) is 3.26. The number of nitrogens with two attached hydrogens (primary N) is 1. The monoisotopic (exact) mass is 270 g/mol. The van der Waals surface area contributed by atoms with E-state index in [9.17, 15) is 4.39 Å². The third-order valence-electron chi connectivity index (χ3n) is 2.96. The van der Waals surface area contributed by atoms with Crippen LogP contribution in [0.25, 0.3) is 0 Å². The molecular weight excluding hydrogens is 255 g/mol. The number of nitrogens with zero attached hydrogens (tertiary/aromatic N) is 1. The molecule has 4 N–H and O–H groups in total. The lowest BCUT2D eigenvalue weighted by molar-refractivity contribution is 0.628. The van der Waals surface area contributed by atoms with Crippen LogP contribution < -0.4 is 16.6 Å². The molecule has 0 saturated heterocycles. The van der Waals surface area contributed by atoms with Gasteiger partial charge in [-0.25, -0.2) is 15.2 Å². The molecule has 0 heterocycles. The van der Waals surface area contributed by atoms with E-state index in [4.69, 9.17) is 17.4 Å². The van der Waals surface area contributed by atoms with Crippen LogP contribution in [-0.2, 0) is 0 Å². The van der Waals surface area contributed by atoms with E-state index < -0.39 is 0 Å². The molecule has 0 atom stereocenters. The highest BCUT2D eigenvalue weighted by Crippen LogP contribution is 2.23. The van der Waals surface area contributed by atoms with Gasteiger partial charge in [0.05, 0.1) is 16.8 Å². The van der Waals surface area contributed by atoms with Crippen LogP contribution in [0.5, 0.6) is 0 Å². The number of benzene rings is 1. The van der Waals surface area contributed by atoms with E-state index in [1.165, 1.54) is 25.0 Å². The lowest BCUT2D eigenvalue weighted by atomic mass is 10.3. The fraction of sp³-hybridized carbons (Fsp3) is 0.417. The molecule has 1 aromatic rings. The van der Waals surface area contributed by atoms with Gasteiger partial charge in [0.15, 0.2) is 0 Å². The molecule has 1 aliphatic carbocycles. The molecule has 0 amide bonds. The smallest absolute Gasteiger partial charge is 0.210 e. The van der Waals surface area contributed by atoms with Crippen LogP contribution in [0.2, 0.25) is 5.02 Å². The van der Waals surface area contributed by atoms with Gasteiger partial charge < -0.3 is 5.32 Å². The van der Waals surface area contributed by atoms with Crippen LogP contribution in [0.1, 0.15) is 25.7 Å². The summed E-state index contributed by atoms with van der Waals surface area (Å²) in [6, 6.07) is 4.42. The van der Waals surface area contributed by atoms with Crippen molar-refractivity contribution in [2.75, 3.05) is 5.32 Å². The Morgan fingerprint density at radius 3 is 2.72 bits per heavy atom. The maximum atomic E-state index is 12.9. The minimum atomic E-state index is -0.375.